The number of carbonyl (C=O) groups excluding carboxylic acids is 1. The molecular weight excluding hydrogens is 254 g/mol. The van der Waals surface area contributed by atoms with Gasteiger partial charge in [0.05, 0.1) is 12.7 Å². The van der Waals surface area contributed by atoms with Crippen LogP contribution in [0.1, 0.15) is 11.1 Å². The van der Waals surface area contributed by atoms with Crippen LogP contribution in [0.3, 0.4) is 0 Å². The largest absolute Gasteiger partial charge is 0.336 e. The van der Waals surface area contributed by atoms with Crippen LogP contribution in [0.2, 0.25) is 0 Å². The molecule has 1 aromatic carbocycles. The lowest BCUT2D eigenvalue weighted by Gasteiger charge is -2.08. The highest BCUT2D eigenvalue weighted by molar-refractivity contribution is 5.89. The minimum atomic E-state index is -0.233. The van der Waals surface area contributed by atoms with Crippen molar-refractivity contribution in [3.63, 3.8) is 0 Å². The van der Waals surface area contributed by atoms with Gasteiger partial charge in [0.15, 0.2) is 0 Å². The van der Waals surface area contributed by atoms with E-state index in [9.17, 15) is 4.79 Å². The molecule has 0 atom stereocenters. The van der Waals surface area contributed by atoms with Gasteiger partial charge in [0.2, 0.25) is 0 Å². The number of hydrogen-bond acceptors (Lipinski definition) is 3. The van der Waals surface area contributed by atoms with Gasteiger partial charge in [-0.1, -0.05) is 12.1 Å². The van der Waals surface area contributed by atoms with E-state index in [1.54, 1.807) is 10.9 Å². The summed E-state index contributed by atoms with van der Waals surface area (Å²) < 4.78 is 1.80. The summed E-state index contributed by atoms with van der Waals surface area (Å²) in [7, 11) is 0. The fraction of sp³-hybridized carbons (Fsp3) is 0.286. The molecule has 6 heteroatoms. The van der Waals surface area contributed by atoms with Gasteiger partial charge in [-0.2, -0.15) is 5.10 Å². The number of nitrogens with two attached hydrogens (primary N) is 1. The quantitative estimate of drug-likeness (QED) is 0.771. The molecule has 20 heavy (non-hydrogen) atoms. The Morgan fingerprint density at radius 1 is 1.45 bits per heavy atom. The smallest absolute Gasteiger partial charge is 0.319 e. The zero-order valence-corrected chi connectivity index (χ0v) is 11.5. The molecular formula is C14H19N5O. The van der Waals surface area contributed by atoms with E-state index in [0.29, 0.717) is 19.6 Å². The number of urea groups is 1. The Bertz CT molecular complexity index is 578. The number of benzene rings is 1. The van der Waals surface area contributed by atoms with Crippen molar-refractivity contribution in [3.05, 3.63) is 47.8 Å². The Morgan fingerprint density at radius 3 is 3.00 bits per heavy atom. The molecule has 4 N–H and O–H groups in total. The van der Waals surface area contributed by atoms with E-state index in [4.69, 9.17) is 5.73 Å². The number of hydrogen-bond donors (Lipinski definition) is 3. The molecule has 0 saturated carbocycles. The number of aromatic nitrogens is 2. The summed E-state index contributed by atoms with van der Waals surface area (Å²) >= 11 is 0. The van der Waals surface area contributed by atoms with Crippen LogP contribution in [0.15, 0.2) is 36.7 Å². The Morgan fingerprint density at radius 2 is 2.30 bits per heavy atom. The van der Waals surface area contributed by atoms with Crippen LogP contribution in [0, 0.1) is 6.92 Å². The summed E-state index contributed by atoms with van der Waals surface area (Å²) in [6, 6.07) is 7.24. The van der Waals surface area contributed by atoms with E-state index >= 15 is 0 Å². The first-order valence-corrected chi connectivity index (χ1v) is 6.50. The van der Waals surface area contributed by atoms with Gasteiger partial charge in [-0.3, -0.25) is 4.68 Å². The monoisotopic (exact) mass is 273 g/mol. The van der Waals surface area contributed by atoms with E-state index in [1.165, 1.54) is 0 Å². The predicted octanol–water partition coefficient (Wildman–Crippen LogP) is 1.47. The fourth-order valence-electron chi connectivity index (χ4n) is 1.82. The average Bonchev–Trinajstić information content (AvgIpc) is 2.84. The van der Waals surface area contributed by atoms with Crippen LogP contribution in [0.4, 0.5) is 10.5 Å². The molecule has 1 aromatic heterocycles. The maximum Gasteiger partial charge on any atom is 0.319 e. The second-order valence-corrected chi connectivity index (χ2v) is 4.57. The Hall–Kier alpha value is -2.34. The normalized spacial score (nSPS) is 10.3. The summed E-state index contributed by atoms with van der Waals surface area (Å²) in [4.78, 5) is 11.7. The SMILES string of the molecule is Cc1cnn(CCNC(=O)Nc2cccc(CN)c2)c1. The zero-order valence-electron chi connectivity index (χ0n) is 11.5. The first-order chi connectivity index (χ1) is 9.67. The molecule has 0 aliphatic heterocycles. The highest BCUT2D eigenvalue weighted by atomic mass is 16.2. The molecule has 2 aromatic rings. The van der Waals surface area contributed by atoms with Gasteiger partial charge in [0, 0.05) is 25.0 Å². The summed E-state index contributed by atoms with van der Waals surface area (Å²) in [6.07, 6.45) is 3.72. The second kappa shape index (κ2) is 6.72. The van der Waals surface area contributed by atoms with Gasteiger partial charge in [-0.05, 0) is 30.2 Å². The van der Waals surface area contributed by atoms with Gasteiger partial charge >= 0.3 is 6.03 Å². The molecule has 0 fully saturated rings. The molecule has 106 valence electrons. The molecule has 2 amide bonds. The molecule has 0 aliphatic rings. The molecule has 0 spiro atoms. The van der Waals surface area contributed by atoms with Gasteiger partial charge in [-0.15, -0.1) is 0 Å². The van der Waals surface area contributed by atoms with Crippen LogP contribution < -0.4 is 16.4 Å². The van der Waals surface area contributed by atoms with Crippen molar-refractivity contribution < 1.29 is 4.79 Å². The Balaban J connectivity index is 1.77. The van der Waals surface area contributed by atoms with Crippen molar-refractivity contribution in [1.29, 1.82) is 0 Å². The predicted molar refractivity (Wildman–Crippen MR) is 78.3 cm³/mol. The average molecular weight is 273 g/mol. The summed E-state index contributed by atoms with van der Waals surface area (Å²) in [5.41, 5.74) is 8.38. The maximum absolute atomic E-state index is 11.7. The first-order valence-electron chi connectivity index (χ1n) is 6.50. The Labute approximate surface area is 118 Å². The van der Waals surface area contributed by atoms with Gasteiger partial charge < -0.3 is 16.4 Å². The summed E-state index contributed by atoms with van der Waals surface area (Å²) in [5, 5.41) is 9.71. The van der Waals surface area contributed by atoms with Crippen molar-refractivity contribution >= 4 is 11.7 Å². The second-order valence-electron chi connectivity index (χ2n) is 4.57. The molecule has 0 unspecified atom stereocenters. The third kappa shape index (κ3) is 4.10. The lowest BCUT2D eigenvalue weighted by molar-refractivity contribution is 0.251. The van der Waals surface area contributed by atoms with Crippen molar-refractivity contribution in [2.75, 3.05) is 11.9 Å². The molecule has 0 saturated heterocycles. The number of nitrogens with one attached hydrogen (secondary N) is 2. The molecule has 6 nitrogen and oxygen atoms in total. The number of aryl methyl sites for hydroxylation is 1. The number of rotatable bonds is 5. The third-order valence-corrected chi connectivity index (χ3v) is 2.81. The summed E-state index contributed by atoms with van der Waals surface area (Å²) in [6.45, 7) is 3.59. The summed E-state index contributed by atoms with van der Waals surface area (Å²) in [5.74, 6) is 0. The van der Waals surface area contributed by atoms with Crippen molar-refractivity contribution in [2.45, 2.75) is 20.0 Å². The van der Waals surface area contributed by atoms with Gasteiger partial charge in [0.25, 0.3) is 0 Å². The van der Waals surface area contributed by atoms with E-state index in [2.05, 4.69) is 15.7 Å². The highest BCUT2D eigenvalue weighted by Gasteiger charge is 2.02. The van der Waals surface area contributed by atoms with E-state index in [-0.39, 0.29) is 6.03 Å². The molecule has 0 radical (unpaired) electrons. The number of amides is 2. The van der Waals surface area contributed by atoms with Crippen LogP contribution >= 0.6 is 0 Å². The van der Waals surface area contributed by atoms with E-state index in [1.807, 2.05) is 37.4 Å². The number of carbonyl (C=O) groups is 1. The first kappa shape index (κ1) is 14.1. The molecule has 1 heterocycles. The van der Waals surface area contributed by atoms with Crippen LogP contribution in [-0.2, 0) is 13.1 Å². The molecule has 0 aliphatic carbocycles. The zero-order chi connectivity index (χ0) is 14.4. The van der Waals surface area contributed by atoms with Crippen LogP contribution in [0.5, 0.6) is 0 Å². The Kier molecular flexibility index (Phi) is 4.73. The molecule has 0 bridgehead atoms. The maximum atomic E-state index is 11.7. The minimum Gasteiger partial charge on any atom is -0.336 e. The third-order valence-electron chi connectivity index (χ3n) is 2.81. The fourth-order valence-corrected chi connectivity index (χ4v) is 1.82. The topological polar surface area (TPSA) is 85.0 Å². The lowest BCUT2D eigenvalue weighted by atomic mass is 10.2. The highest BCUT2D eigenvalue weighted by Crippen LogP contribution is 2.09. The van der Waals surface area contributed by atoms with Crippen molar-refractivity contribution in [1.82, 2.24) is 15.1 Å². The number of nitrogens with zero attached hydrogens (tertiary/aromatic N) is 2. The van der Waals surface area contributed by atoms with Gasteiger partial charge in [-0.25, -0.2) is 4.79 Å². The van der Waals surface area contributed by atoms with Crippen LogP contribution in [-0.4, -0.2) is 22.4 Å². The lowest BCUT2D eigenvalue weighted by Crippen LogP contribution is -2.31. The van der Waals surface area contributed by atoms with E-state index in [0.717, 1.165) is 16.8 Å². The van der Waals surface area contributed by atoms with E-state index < -0.39 is 0 Å². The van der Waals surface area contributed by atoms with Crippen molar-refractivity contribution in [3.8, 4) is 0 Å². The molecule has 2 rings (SSSR count). The van der Waals surface area contributed by atoms with Crippen molar-refractivity contribution in [2.24, 2.45) is 5.73 Å². The standard InChI is InChI=1S/C14H19N5O/c1-11-9-17-19(10-11)6-5-16-14(20)18-13-4-2-3-12(7-13)8-15/h2-4,7,9-10H,5-6,8,15H2,1H3,(H2,16,18,20). The van der Waals surface area contributed by atoms with Crippen LogP contribution in [0.25, 0.3) is 0 Å². The van der Waals surface area contributed by atoms with Gasteiger partial charge in [0.1, 0.15) is 0 Å². The number of anilines is 1. The minimum absolute atomic E-state index is 0.233.